The average Bonchev–Trinajstić information content (AvgIpc) is 2.54. The van der Waals surface area contributed by atoms with Crippen molar-refractivity contribution in [1.82, 2.24) is 14.7 Å². The summed E-state index contributed by atoms with van der Waals surface area (Å²) in [6.07, 6.45) is 3.05. The van der Waals surface area contributed by atoms with Crippen LogP contribution < -0.4 is 5.32 Å². The third-order valence-corrected chi connectivity index (χ3v) is 2.48. The van der Waals surface area contributed by atoms with Crippen LogP contribution in [-0.4, -0.2) is 23.0 Å². The Morgan fingerprint density at radius 3 is 3.00 bits per heavy atom. The Morgan fingerprint density at radius 2 is 2.29 bits per heavy atom. The summed E-state index contributed by atoms with van der Waals surface area (Å²) in [5.74, 6) is 0. The Morgan fingerprint density at radius 1 is 1.43 bits per heavy atom. The van der Waals surface area contributed by atoms with E-state index in [0.29, 0.717) is 0 Å². The van der Waals surface area contributed by atoms with Gasteiger partial charge in [0.05, 0.1) is 5.69 Å². The van der Waals surface area contributed by atoms with Crippen LogP contribution in [0.4, 0.5) is 0 Å². The SMILES string of the molecule is CNCCc1nc2ccccn2c1C. The molecule has 0 aliphatic rings. The number of aromatic nitrogens is 2. The zero-order valence-corrected chi connectivity index (χ0v) is 8.62. The molecule has 0 radical (unpaired) electrons. The van der Waals surface area contributed by atoms with E-state index in [0.717, 1.165) is 18.6 Å². The fourth-order valence-corrected chi connectivity index (χ4v) is 1.65. The van der Waals surface area contributed by atoms with Crippen LogP contribution in [0.1, 0.15) is 11.4 Å². The summed E-state index contributed by atoms with van der Waals surface area (Å²) in [4.78, 5) is 4.57. The summed E-state index contributed by atoms with van der Waals surface area (Å²) in [5, 5.41) is 3.14. The van der Waals surface area contributed by atoms with Gasteiger partial charge in [0.1, 0.15) is 5.65 Å². The van der Waals surface area contributed by atoms with E-state index in [1.165, 1.54) is 11.4 Å². The Balaban J connectivity index is 2.41. The van der Waals surface area contributed by atoms with Crippen molar-refractivity contribution in [2.24, 2.45) is 0 Å². The molecule has 0 aromatic carbocycles. The second-order valence-electron chi connectivity index (χ2n) is 3.43. The van der Waals surface area contributed by atoms with Crippen LogP contribution in [0.3, 0.4) is 0 Å². The molecule has 3 heteroatoms. The lowest BCUT2D eigenvalue weighted by Crippen LogP contribution is -2.11. The van der Waals surface area contributed by atoms with E-state index < -0.39 is 0 Å². The number of nitrogens with one attached hydrogen (secondary N) is 1. The van der Waals surface area contributed by atoms with E-state index in [4.69, 9.17) is 0 Å². The molecule has 1 N–H and O–H groups in total. The maximum absolute atomic E-state index is 4.57. The number of fused-ring (bicyclic) bond motifs is 1. The molecule has 2 rings (SSSR count). The quantitative estimate of drug-likeness (QED) is 0.791. The number of likely N-dealkylation sites (N-methyl/N-ethyl adjacent to an activating group) is 1. The topological polar surface area (TPSA) is 29.3 Å². The molecule has 74 valence electrons. The summed E-state index contributed by atoms with van der Waals surface area (Å²) < 4.78 is 2.13. The smallest absolute Gasteiger partial charge is 0.137 e. The zero-order chi connectivity index (χ0) is 9.97. The number of pyridine rings is 1. The number of rotatable bonds is 3. The van der Waals surface area contributed by atoms with E-state index in [1.807, 2.05) is 25.2 Å². The van der Waals surface area contributed by atoms with Crippen molar-refractivity contribution in [2.75, 3.05) is 13.6 Å². The Bertz CT molecular complexity index is 431. The molecule has 0 aliphatic heterocycles. The highest BCUT2D eigenvalue weighted by Gasteiger charge is 2.05. The molecule has 2 heterocycles. The molecular weight excluding hydrogens is 174 g/mol. The van der Waals surface area contributed by atoms with E-state index >= 15 is 0 Å². The van der Waals surface area contributed by atoms with Gasteiger partial charge in [0.25, 0.3) is 0 Å². The minimum atomic E-state index is 0.977. The molecule has 2 aromatic heterocycles. The first-order chi connectivity index (χ1) is 6.83. The van der Waals surface area contributed by atoms with Gasteiger partial charge in [0.15, 0.2) is 0 Å². The number of hydrogen-bond acceptors (Lipinski definition) is 2. The van der Waals surface area contributed by atoms with Crippen LogP contribution in [0.5, 0.6) is 0 Å². The molecule has 0 amide bonds. The van der Waals surface area contributed by atoms with Crippen molar-refractivity contribution in [3.63, 3.8) is 0 Å². The van der Waals surface area contributed by atoms with Crippen molar-refractivity contribution >= 4 is 5.65 Å². The number of aryl methyl sites for hydroxylation is 1. The summed E-state index contributed by atoms with van der Waals surface area (Å²) in [5.41, 5.74) is 3.47. The number of hydrogen-bond donors (Lipinski definition) is 1. The van der Waals surface area contributed by atoms with Crippen LogP contribution in [0, 0.1) is 6.92 Å². The van der Waals surface area contributed by atoms with Crippen LogP contribution in [0.2, 0.25) is 0 Å². The largest absolute Gasteiger partial charge is 0.319 e. The first-order valence-electron chi connectivity index (χ1n) is 4.90. The zero-order valence-electron chi connectivity index (χ0n) is 8.62. The molecule has 0 aliphatic carbocycles. The molecule has 14 heavy (non-hydrogen) atoms. The first-order valence-corrected chi connectivity index (χ1v) is 4.90. The predicted molar refractivity (Wildman–Crippen MR) is 57.6 cm³/mol. The molecular formula is C11H15N3. The van der Waals surface area contributed by atoms with Gasteiger partial charge in [-0.2, -0.15) is 0 Å². The van der Waals surface area contributed by atoms with E-state index in [9.17, 15) is 0 Å². The first kappa shape index (κ1) is 9.21. The van der Waals surface area contributed by atoms with Gasteiger partial charge in [-0.15, -0.1) is 0 Å². The highest BCUT2D eigenvalue weighted by molar-refractivity contribution is 5.42. The summed E-state index contributed by atoms with van der Waals surface area (Å²) in [7, 11) is 1.96. The third kappa shape index (κ3) is 1.51. The molecule has 0 atom stereocenters. The summed E-state index contributed by atoms with van der Waals surface area (Å²) >= 11 is 0. The lowest BCUT2D eigenvalue weighted by molar-refractivity contribution is 0.776. The van der Waals surface area contributed by atoms with Gasteiger partial charge in [0, 0.05) is 24.9 Å². The fourth-order valence-electron chi connectivity index (χ4n) is 1.65. The van der Waals surface area contributed by atoms with Crippen molar-refractivity contribution < 1.29 is 0 Å². The second kappa shape index (κ2) is 3.80. The van der Waals surface area contributed by atoms with E-state index in [-0.39, 0.29) is 0 Å². The van der Waals surface area contributed by atoms with Gasteiger partial charge in [-0.05, 0) is 26.1 Å². The van der Waals surface area contributed by atoms with Crippen LogP contribution in [0.15, 0.2) is 24.4 Å². The van der Waals surface area contributed by atoms with Crippen LogP contribution >= 0.6 is 0 Å². The van der Waals surface area contributed by atoms with Crippen molar-refractivity contribution in [3.8, 4) is 0 Å². The van der Waals surface area contributed by atoms with E-state index in [2.05, 4.69) is 27.8 Å². The molecule has 2 aromatic rings. The highest BCUT2D eigenvalue weighted by Crippen LogP contribution is 2.11. The Labute approximate surface area is 83.8 Å². The second-order valence-corrected chi connectivity index (χ2v) is 3.43. The maximum atomic E-state index is 4.57. The molecule has 0 bridgehead atoms. The number of nitrogens with zero attached hydrogens (tertiary/aromatic N) is 2. The molecule has 0 fully saturated rings. The maximum Gasteiger partial charge on any atom is 0.137 e. The minimum absolute atomic E-state index is 0.977. The van der Waals surface area contributed by atoms with Crippen molar-refractivity contribution in [3.05, 3.63) is 35.8 Å². The summed E-state index contributed by atoms with van der Waals surface area (Å²) in [6, 6.07) is 6.09. The van der Waals surface area contributed by atoms with Gasteiger partial charge in [-0.3, -0.25) is 0 Å². The predicted octanol–water partition coefficient (Wildman–Crippen LogP) is 1.40. The van der Waals surface area contributed by atoms with Crippen LogP contribution in [-0.2, 0) is 6.42 Å². The van der Waals surface area contributed by atoms with Gasteiger partial charge in [0.2, 0.25) is 0 Å². The lowest BCUT2D eigenvalue weighted by atomic mass is 10.2. The number of imidazole rings is 1. The minimum Gasteiger partial charge on any atom is -0.319 e. The summed E-state index contributed by atoms with van der Waals surface area (Å²) in [6.45, 7) is 3.09. The molecule has 3 nitrogen and oxygen atoms in total. The highest BCUT2D eigenvalue weighted by atomic mass is 15.0. The molecule has 0 saturated carbocycles. The van der Waals surface area contributed by atoms with Crippen LogP contribution in [0.25, 0.3) is 5.65 Å². The Hall–Kier alpha value is -1.35. The molecule has 0 spiro atoms. The standard InChI is InChI=1S/C11H15N3/c1-9-10(6-7-12-2)13-11-5-3-4-8-14(9)11/h3-5,8,12H,6-7H2,1-2H3. The van der Waals surface area contributed by atoms with Gasteiger partial charge >= 0.3 is 0 Å². The van der Waals surface area contributed by atoms with Gasteiger partial charge in [-0.25, -0.2) is 4.98 Å². The average molecular weight is 189 g/mol. The van der Waals surface area contributed by atoms with Crippen molar-refractivity contribution in [1.29, 1.82) is 0 Å². The van der Waals surface area contributed by atoms with Gasteiger partial charge < -0.3 is 9.72 Å². The van der Waals surface area contributed by atoms with E-state index in [1.54, 1.807) is 0 Å². The van der Waals surface area contributed by atoms with Crippen molar-refractivity contribution in [2.45, 2.75) is 13.3 Å². The fraction of sp³-hybridized carbons (Fsp3) is 0.364. The molecule has 0 saturated heterocycles. The third-order valence-electron chi connectivity index (χ3n) is 2.48. The molecule has 0 unspecified atom stereocenters. The monoisotopic (exact) mass is 189 g/mol. The Kier molecular flexibility index (Phi) is 2.50. The lowest BCUT2D eigenvalue weighted by Gasteiger charge is -1.97. The normalized spacial score (nSPS) is 11.0. The van der Waals surface area contributed by atoms with Gasteiger partial charge in [-0.1, -0.05) is 6.07 Å².